The van der Waals surface area contributed by atoms with E-state index in [9.17, 15) is 0 Å². The van der Waals surface area contributed by atoms with Crippen molar-refractivity contribution < 1.29 is 4.52 Å². The van der Waals surface area contributed by atoms with E-state index in [1.807, 2.05) is 13.8 Å². The Hall–Kier alpha value is -0.790. The minimum absolute atomic E-state index is 0.770. The van der Waals surface area contributed by atoms with Crippen molar-refractivity contribution in [2.45, 2.75) is 32.6 Å². The second-order valence-electron chi connectivity index (χ2n) is 3.01. The summed E-state index contributed by atoms with van der Waals surface area (Å²) in [4.78, 5) is 0. The van der Waals surface area contributed by atoms with Gasteiger partial charge in [0.2, 0.25) is 0 Å². The van der Waals surface area contributed by atoms with Gasteiger partial charge in [-0.25, -0.2) is 0 Å². The number of aryl methyl sites for hydroxylation is 2. The summed E-state index contributed by atoms with van der Waals surface area (Å²) in [6, 6.07) is 0. The van der Waals surface area contributed by atoms with Gasteiger partial charge in [0.1, 0.15) is 5.76 Å². The van der Waals surface area contributed by atoms with Gasteiger partial charge in [-0.15, -0.1) is 0 Å². The first kappa shape index (κ1) is 5.96. The molecule has 0 aliphatic heterocycles. The standard InChI is InChI=1S/C8H11NO/c1-5-8(7-3-4-7)6(2)10-9-5/h7H,3-4H2,1-2H3. The lowest BCUT2D eigenvalue weighted by Gasteiger charge is -1.91. The first-order valence-electron chi connectivity index (χ1n) is 3.72. The lowest BCUT2D eigenvalue weighted by Crippen LogP contribution is -1.82. The number of aromatic nitrogens is 1. The van der Waals surface area contributed by atoms with Crippen LogP contribution in [-0.4, -0.2) is 5.16 Å². The molecule has 0 saturated heterocycles. The molecule has 1 aromatic heterocycles. The molecule has 2 rings (SSSR count). The first-order valence-corrected chi connectivity index (χ1v) is 3.72. The number of rotatable bonds is 1. The highest BCUT2D eigenvalue weighted by molar-refractivity contribution is 5.28. The van der Waals surface area contributed by atoms with E-state index in [-0.39, 0.29) is 0 Å². The molecule has 2 nitrogen and oxygen atoms in total. The summed E-state index contributed by atoms with van der Waals surface area (Å²) in [6.07, 6.45) is 2.64. The number of hydrogen-bond acceptors (Lipinski definition) is 2. The summed E-state index contributed by atoms with van der Waals surface area (Å²) in [7, 11) is 0. The average molecular weight is 137 g/mol. The second-order valence-corrected chi connectivity index (χ2v) is 3.01. The molecule has 0 N–H and O–H groups in total. The van der Waals surface area contributed by atoms with Gasteiger partial charge in [0, 0.05) is 5.56 Å². The molecule has 0 spiro atoms. The van der Waals surface area contributed by atoms with Crippen LogP contribution in [-0.2, 0) is 0 Å². The molecule has 0 aromatic carbocycles. The molecule has 54 valence electrons. The molecule has 0 bridgehead atoms. The van der Waals surface area contributed by atoms with Crippen LogP contribution >= 0.6 is 0 Å². The van der Waals surface area contributed by atoms with Crippen LogP contribution < -0.4 is 0 Å². The Kier molecular flexibility index (Phi) is 1.10. The van der Waals surface area contributed by atoms with Crippen molar-refractivity contribution in [2.24, 2.45) is 0 Å². The van der Waals surface area contributed by atoms with Gasteiger partial charge in [-0.1, -0.05) is 5.16 Å². The highest BCUT2D eigenvalue weighted by atomic mass is 16.5. The third-order valence-electron chi connectivity index (χ3n) is 2.07. The molecule has 0 radical (unpaired) electrons. The molecule has 1 fully saturated rings. The summed E-state index contributed by atoms with van der Waals surface area (Å²) in [5.74, 6) is 1.78. The van der Waals surface area contributed by atoms with E-state index in [0.717, 1.165) is 17.4 Å². The van der Waals surface area contributed by atoms with Crippen LogP contribution in [0.3, 0.4) is 0 Å². The molecule has 10 heavy (non-hydrogen) atoms. The Bertz CT molecular complexity index is 228. The molecule has 1 heterocycles. The van der Waals surface area contributed by atoms with Gasteiger partial charge in [-0.05, 0) is 32.6 Å². The van der Waals surface area contributed by atoms with Crippen LogP contribution in [0.5, 0.6) is 0 Å². The number of nitrogens with zero attached hydrogens (tertiary/aromatic N) is 1. The van der Waals surface area contributed by atoms with Gasteiger partial charge in [0.25, 0.3) is 0 Å². The van der Waals surface area contributed by atoms with Crippen LogP contribution in [0.2, 0.25) is 0 Å². The van der Waals surface area contributed by atoms with Gasteiger partial charge in [0.15, 0.2) is 0 Å². The van der Waals surface area contributed by atoms with Crippen molar-refractivity contribution in [3.05, 3.63) is 17.0 Å². The molecule has 0 amide bonds. The molecule has 1 aliphatic carbocycles. The van der Waals surface area contributed by atoms with Gasteiger partial charge in [-0.2, -0.15) is 0 Å². The van der Waals surface area contributed by atoms with Gasteiger partial charge < -0.3 is 4.52 Å². The zero-order valence-corrected chi connectivity index (χ0v) is 6.35. The summed E-state index contributed by atoms with van der Waals surface area (Å²) in [6.45, 7) is 4.01. The van der Waals surface area contributed by atoms with Crippen LogP contribution in [0.25, 0.3) is 0 Å². The monoisotopic (exact) mass is 137 g/mol. The maximum absolute atomic E-state index is 5.05. The Morgan fingerprint density at radius 3 is 2.50 bits per heavy atom. The number of hydrogen-bond donors (Lipinski definition) is 0. The van der Waals surface area contributed by atoms with Crippen molar-refractivity contribution in [1.82, 2.24) is 5.16 Å². The Morgan fingerprint density at radius 2 is 2.10 bits per heavy atom. The van der Waals surface area contributed by atoms with Gasteiger partial charge >= 0.3 is 0 Å². The maximum atomic E-state index is 5.05. The van der Waals surface area contributed by atoms with Crippen molar-refractivity contribution in [2.75, 3.05) is 0 Å². The molecule has 1 aromatic rings. The largest absolute Gasteiger partial charge is 0.361 e. The minimum atomic E-state index is 0.770. The Labute approximate surface area is 60.2 Å². The third-order valence-corrected chi connectivity index (χ3v) is 2.07. The van der Waals surface area contributed by atoms with Crippen LogP contribution in [0.1, 0.15) is 35.8 Å². The summed E-state index contributed by atoms with van der Waals surface area (Å²) >= 11 is 0. The van der Waals surface area contributed by atoms with E-state index in [2.05, 4.69) is 5.16 Å². The normalized spacial score (nSPS) is 17.8. The van der Waals surface area contributed by atoms with Crippen LogP contribution in [0.15, 0.2) is 4.52 Å². The fourth-order valence-electron chi connectivity index (χ4n) is 1.44. The minimum Gasteiger partial charge on any atom is -0.361 e. The first-order chi connectivity index (χ1) is 4.79. The van der Waals surface area contributed by atoms with Crippen molar-refractivity contribution in [3.8, 4) is 0 Å². The van der Waals surface area contributed by atoms with Crippen molar-refractivity contribution in [1.29, 1.82) is 0 Å². The van der Waals surface area contributed by atoms with Crippen LogP contribution in [0, 0.1) is 13.8 Å². The zero-order valence-electron chi connectivity index (χ0n) is 6.35. The fraction of sp³-hybridized carbons (Fsp3) is 0.625. The van der Waals surface area contributed by atoms with E-state index >= 15 is 0 Å². The highest BCUT2D eigenvalue weighted by Crippen LogP contribution is 2.42. The van der Waals surface area contributed by atoms with E-state index in [0.29, 0.717) is 0 Å². The smallest absolute Gasteiger partial charge is 0.137 e. The van der Waals surface area contributed by atoms with E-state index in [1.54, 1.807) is 0 Å². The lowest BCUT2D eigenvalue weighted by molar-refractivity contribution is 0.392. The summed E-state index contributed by atoms with van der Waals surface area (Å²) in [5, 5.41) is 3.90. The van der Waals surface area contributed by atoms with Gasteiger partial charge in [-0.3, -0.25) is 0 Å². The van der Waals surface area contributed by atoms with E-state index < -0.39 is 0 Å². The molecule has 2 heteroatoms. The third kappa shape index (κ3) is 0.753. The molecular formula is C8H11NO. The second kappa shape index (κ2) is 1.84. The highest BCUT2D eigenvalue weighted by Gasteiger charge is 2.29. The topological polar surface area (TPSA) is 26.0 Å². The van der Waals surface area contributed by atoms with Gasteiger partial charge in [0.05, 0.1) is 5.69 Å². The quantitative estimate of drug-likeness (QED) is 0.592. The SMILES string of the molecule is Cc1noc(C)c1C1CC1. The predicted molar refractivity (Wildman–Crippen MR) is 38.0 cm³/mol. The van der Waals surface area contributed by atoms with E-state index in [1.165, 1.54) is 18.4 Å². The average Bonchev–Trinajstić information content (AvgIpc) is 2.64. The molecule has 1 aliphatic rings. The van der Waals surface area contributed by atoms with E-state index in [4.69, 9.17) is 4.52 Å². The molecule has 0 atom stereocenters. The Balaban J connectivity index is 2.44. The fourth-order valence-corrected chi connectivity index (χ4v) is 1.44. The lowest BCUT2D eigenvalue weighted by atomic mass is 10.1. The van der Waals surface area contributed by atoms with Crippen molar-refractivity contribution >= 4 is 0 Å². The van der Waals surface area contributed by atoms with Crippen LogP contribution in [0.4, 0.5) is 0 Å². The summed E-state index contributed by atoms with van der Waals surface area (Å²) < 4.78 is 5.05. The maximum Gasteiger partial charge on any atom is 0.137 e. The molecular weight excluding hydrogens is 126 g/mol. The molecule has 1 saturated carbocycles. The Morgan fingerprint density at radius 1 is 1.40 bits per heavy atom. The molecule has 0 unspecified atom stereocenters. The van der Waals surface area contributed by atoms with Crippen molar-refractivity contribution in [3.63, 3.8) is 0 Å². The zero-order chi connectivity index (χ0) is 7.14. The summed E-state index contributed by atoms with van der Waals surface area (Å²) in [5.41, 5.74) is 2.44. The predicted octanol–water partition coefficient (Wildman–Crippen LogP) is 2.17.